The zero-order chi connectivity index (χ0) is 16.9. The Kier molecular flexibility index (Phi) is 5.50. The number of benzene rings is 1. The van der Waals surface area contributed by atoms with Crippen molar-refractivity contribution < 1.29 is 4.79 Å². The van der Waals surface area contributed by atoms with Crippen LogP contribution in [0.3, 0.4) is 0 Å². The maximum Gasteiger partial charge on any atom is 0.238 e. The van der Waals surface area contributed by atoms with E-state index in [9.17, 15) is 4.79 Å². The standard InChI is InChI=1S/C16H17Cl2N5O/c17-12-3-1-4-13(15(12)18)21-14(24)11-22-7-9-23(10-8-22)16-19-5-2-6-20-16/h1-6H,7-11H2,(H,21,24). The minimum atomic E-state index is -0.108. The zero-order valence-corrected chi connectivity index (χ0v) is 14.5. The summed E-state index contributed by atoms with van der Waals surface area (Å²) in [6, 6.07) is 6.97. The molecule has 8 heteroatoms. The Bertz CT molecular complexity index is 705. The predicted molar refractivity (Wildman–Crippen MR) is 95.8 cm³/mol. The molecule has 1 aromatic carbocycles. The van der Waals surface area contributed by atoms with Crippen molar-refractivity contribution >= 4 is 40.7 Å². The molecule has 1 aromatic heterocycles. The van der Waals surface area contributed by atoms with Crippen LogP contribution in [-0.4, -0.2) is 53.5 Å². The number of hydrogen-bond donors (Lipinski definition) is 1. The van der Waals surface area contributed by atoms with Gasteiger partial charge in [-0.3, -0.25) is 9.69 Å². The van der Waals surface area contributed by atoms with Gasteiger partial charge in [0.15, 0.2) is 0 Å². The lowest BCUT2D eigenvalue weighted by Gasteiger charge is -2.34. The summed E-state index contributed by atoms with van der Waals surface area (Å²) in [6.45, 7) is 3.43. The van der Waals surface area contributed by atoms with E-state index in [-0.39, 0.29) is 5.91 Å². The summed E-state index contributed by atoms with van der Waals surface area (Å²) >= 11 is 12.0. The summed E-state index contributed by atoms with van der Waals surface area (Å²) in [5.74, 6) is 0.621. The van der Waals surface area contributed by atoms with Gasteiger partial charge in [0, 0.05) is 38.6 Å². The van der Waals surface area contributed by atoms with Crippen LogP contribution in [0.25, 0.3) is 0 Å². The molecule has 6 nitrogen and oxygen atoms in total. The lowest BCUT2D eigenvalue weighted by molar-refractivity contribution is -0.117. The number of aromatic nitrogens is 2. The van der Waals surface area contributed by atoms with Crippen molar-refractivity contribution in [2.24, 2.45) is 0 Å². The molecule has 0 radical (unpaired) electrons. The van der Waals surface area contributed by atoms with Gasteiger partial charge in [-0.1, -0.05) is 29.3 Å². The van der Waals surface area contributed by atoms with Crippen LogP contribution >= 0.6 is 23.2 Å². The van der Waals surface area contributed by atoms with Crippen molar-refractivity contribution in [3.63, 3.8) is 0 Å². The van der Waals surface area contributed by atoms with Crippen LogP contribution in [0.4, 0.5) is 11.6 Å². The first-order valence-corrected chi connectivity index (χ1v) is 8.37. The van der Waals surface area contributed by atoms with Gasteiger partial charge in [-0.15, -0.1) is 0 Å². The number of nitrogens with zero attached hydrogens (tertiary/aromatic N) is 4. The van der Waals surface area contributed by atoms with E-state index in [2.05, 4.69) is 25.1 Å². The summed E-state index contributed by atoms with van der Waals surface area (Å²) in [5, 5.41) is 3.59. The van der Waals surface area contributed by atoms with Gasteiger partial charge in [0.1, 0.15) is 0 Å². The molecule has 24 heavy (non-hydrogen) atoms. The summed E-state index contributed by atoms with van der Waals surface area (Å²) in [7, 11) is 0. The quantitative estimate of drug-likeness (QED) is 0.901. The molecule has 1 amide bonds. The molecule has 0 saturated carbocycles. The number of anilines is 2. The molecule has 0 bridgehead atoms. The number of carbonyl (C=O) groups excluding carboxylic acids is 1. The first kappa shape index (κ1) is 17.0. The average molecular weight is 366 g/mol. The van der Waals surface area contributed by atoms with Gasteiger partial charge in [0.25, 0.3) is 0 Å². The Balaban J connectivity index is 1.51. The van der Waals surface area contributed by atoms with Gasteiger partial charge in [0.2, 0.25) is 11.9 Å². The van der Waals surface area contributed by atoms with Crippen LogP contribution in [0.5, 0.6) is 0 Å². The van der Waals surface area contributed by atoms with E-state index in [1.165, 1.54) is 0 Å². The highest BCUT2D eigenvalue weighted by Gasteiger charge is 2.20. The number of piperazine rings is 1. The minimum Gasteiger partial charge on any atom is -0.338 e. The van der Waals surface area contributed by atoms with Gasteiger partial charge in [0.05, 0.1) is 22.3 Å². The Morgan fingerprint density at radius 1 is 1.08 bits per heavy atom. The molecule has 2 heterocycles. The van der Waals surface area contributed by atoms with Crippen molar-refractivity contribution in [2.45, 2.75) is 0 Å². The second-order valence-electron chi connectivity index (χ2n) is 5.46. The van der Waals surface area contributed by atoms with E-state index in [0.717, 1.165) is 32.1 Å². The monoisotopic (exact) mass is 365 g/mol. The number of halogens is 2. The highest BCUT2D eigenvalue weighted by molar-refractivity contribution is 6.43. The van der Waals surface area contributed by atoms with E-state index in [1.807, 2.05) is 0 Å². The minimum absolute atomic E-state index is 0.108. The van der Waals surface area contributed by atoms with E-state index in [0.29, 0.717) is 22.3 Å². The highest BCUT2D eigenvalue weighted by Crippen LogP contribution is 2.29. The molecule has 1 aliphatic rings. The average Bonchev–Trinajstić information content (AvgIpc) is 2.60. The first-order chi connectivity index (χ1) is 11.6. The molecule has 0 unspecified atom stereocenters. The molecule has 2 aromatic rings. The molecular weight excluding hydrogens is 349 g/mol. The molecule has 126 valence electrons. The lowest BCUT2D eigenvalue weighted by atomic mass is 10.3. The smallest absolute Gasteiger partial charge is 0.238 e. The molecule has 0 aliphatic carbocycles. The Morgan fingerprint density at radius 2 is 1.79 bits per heavy atom. The molecular formula is C16H17Cl2N5O. The third-order valence-electron chi connectivity index (χ3n) is 3.80. The number of amides is 1. The molecule has 1 saturated heterocycles. The molecule has 0 atom stereocenters. The van der Waals surface area contributed by atoms with Crippen LogP contribution in [-0.2, 0) is 4.79 Å². The number of carbonyl (C=O) groups is 1. The van der Waals surface area contributed by atoms with Gasteiger partial charge in [-0.25, -0.2) is 9.97 Å². The van der Waals surface area contributed by atoms with Crippen molar-refractivity contribution in [3.8, 4) is 0 Å². The fourth-order valence-electron chi connectivity index (χ4n) is 2.55. The summed E-state index contributed by atoms with van der Waals surface area (Å²) in [6.07, 6.45) is 3.47. The molecule has 1 fully saturated rings. The van der Waals surface area contributed by atoms with E-state index >= 15 is 0 Å². The maximum atomic E-state index is 12.2. The first-order valence-electron chi connectivity index (χ1n) is 7.61. The third-order valence-corrected chi connectivity index (χ3v) is 4.62. The van der Waals surface area contributed by atoms with E-state index < -0.39 is 0 Å². The number of hydrogen-bond acceptors (Lipinski definition) is 5. The van der Waals surface area contributed by atoms with E-state index in [1.54, 1.807) is 36.7 Å². The van der Waals surface area contributed by atoms with Crippen molar-refractivity contribution in [3.05, 3.63) is 46.7 Å². The fraction of sp³-hybridized carbons (Fsp3) is 0.312. The zero-order valence-electron chi connectivity index (χ0n) is 13.0. The van der Waals surface area contributed by atoms with Crippen molar-refractivity contribution in [1.29, 1.82) is 0 Å². The molecule has 0 spiro atoms. The predicted octanol–water partition coefficient (Wildman–Crippen LogP) is 2.54. The Morgan fingerprint density at radius 3 is 2.50 bits per heavy atom. The fourth-order valence-corrected chi connectivity index (χ4v) is 2.90. The number of nitrogens with one attached hydrogen (secondary N) is 1. The number of rotatable bonds is 4. The molecule has 1 N–H and O–H groups in total. The topological polar surface area (TPSA) is 61.4 Å². The second kappa shape index (κ2) is 7.79. The summed E-state index contributed by atoms with van der Waals surface area (Å²) in [5.41, 5.74) is 0.533. The van der Waals surface area contributed by atoms with Crippen LogP contribution in [0.1, 0.15) is 0 Å². The third kappa shape index (κ3) is 4.14. The van der Waals surface area contributed by atoms with Crippen molar-refractivity contribution in [2.75, 3.05) is 42.9 Å². The molecule has 3 rings (SSSR count). The summed E-state index contributed by atoms with van der Waals surface area (Å²) < 4.78 is 0. The van der Waals surface area contributed by atoms with Gasteiger partial charge in [-0.2, -0.15) is 0 Å². The molecule has 1 aliphatic heterocycles. The van der Waals surface area contributed by atoms with Gasteiger partial charge >= 0.3 is 0 Å². The largest absolute Gasteiger partial charge is 0.338 e. The maximum absolute atomic E-state index is 12.2. The van der Waals surface area contributed by atoms with Crippen LogP contribution in [0.2, 0.25) is 10.0 Å². The van der Waals surface area contributed by atoms with Crippen LogP contribution < -0.4 is 10.2 Å². The SMILES string of the molecule is O=C(CN1CCN(c2ncccn2)CC1)Nc1cccc(Cl)c1Cl. The van der Waals surface area contributed by atoms with Crippen LogP contribution in [0.15, 0.2) is 36.7 Å². The Hall–Kier alpha value is -1.89. The normalized spacial score (nSPS) is 15.3. The summed E-state index contributed by atoms with van der Waals surface area (Å²) in [4.78, 5) is 24.9. The van der Waals surface area contributed by atoms with Crippen LogP contribution in [0, 0.1) is 0 Å². The second-order valence-corrected chi connectivity index (χ2v) is 6.25. The van der Waals surface area contributed by atoms with Gasteiger partial charge < -0.3 is 10.2 Å². The highest BCUT2D eigenvalue weighted by atomic mass is 35.5. The van der Waals surface area contributed by atoms with Gasteiger partial charge in [-0.05, 0) is 18.2 Å². The Labute approximate surface area is 150 Å². The van der Waals surface area contributed by atoms with E-state index in [4.69, 9.17) is 23.2 Å². The lowest BCUT2D eigenvalue weighted by Crippen LogP contribution is -2.49. The van der Waals surface area contributed by atoms with Crippen molar-refractivity contribution in [1.82, 2.24) is 14.9 Å².